The number of nitrogens with zero attached hydrogens (tertiary/aromatic N) is 1. The summed E-state index contributed by atoms with van der Waals surface area (Å²) in [7, 11) is 0. The van der Waals surface area contributed by atoms with Gasteiger partial charge in [-0.15, -0.1) is 0 Å². The normalized spacial score (nSPS) is 9.13. The van der Waals surface area contributed by atoms with Gasteiger partial charge < -0.3 is 10.6 Å². The maximum Gasteiger partial charge on any atom is 0.319 e. The van der Waals surface area contributed by atoms with Crippen LogP contribution in [0.2, 0.25) is 0 Å². The molecule has 1 rings (SSSR count). The smallest absolute Gasteiger partial charge is 0.319 e. The molecule has 0 heterocycles. The summed E-state index contributed by atoms with van der Waals surface area (Å²) in [5, 5.41) is 13.6. The summed E-state index contributed by atoms with van der Waals surface area (Å²) in [4.78, 5) is 11.1. The second kappa shape index (κ2) is 4.96. The Kier molecular flexibility index (Phi) is 3.63. The van der Waals surface area contributed by atoms with E-state index in [2.05, 4.69) is 10.6 Å². The first kappa shape index (κ1) is 11.0. The lowest BCUT2D eigenvalue weighted by atomic mass is 10.2. The lowest BCUT2D eigenvalue weighted by Gasteiger charge is -2.05. The van der Waals surface area contributed by atoms with Gasteiger partial charge in [-0.3, -0.25) is 0 Å². The van der Waals surface area contributed by atoms with Crippen LogP contribution in [0.4, 0.5) is 14.9 Å². The van der Waals surface area contributed by atoms with E-state index in [0.29, 0.717) is 12.2 Å². The highest BCUT2D eigenvalue weighted by Crippen LogP contribution is 2.13. The predicted octanol–water partition coefficient (Wildman–Crippen LogP) is 1.84. The molecule has 0 aromatic heterocycles. The van der Waals surface area contributed by atoms with E-state index in [0.717, 1.165) is 6.07 Å². The van der Waals surface area contributed by atoms with E-state index in [1.54, 1.807) is 13.0 Å². The molecule has 1 aromatic carbocycles. The van der Waals surface area contributed by atoms with Gasteiger partial charge in [0, 0.05) is 12.2 Å². The van der Waals surface area contributed by atoms with Crippen LogP contribution in [-0.4, -0.2) is 12.6 Å². The van der Waals surface area contributed by atoms with E-state index in [4.69, 9.17) is 5.26 Å². The summed E-state index contributed by atoms with van der Waals surface area (Å²) in [6.45, 7) is 2.28. The highest BCUT2D eigenvalue weighted by molar-refractivity contribution is 5.89. The van der Waals surface area contributed by atoms with E-state index in [1.807, 2.05) is 0 Å². The van der Waals surface area contributed by atoms with Crippen LogP contribution in [0.5, 0.6) is 0 Å². The third-order valence-corrected chi connectivity index (χ3v) is 1.68. The number of amides is 2. The van der Waals surface area contributed by atoms with Gasteiger partial charge in [-0.2, -0.15) is 5.26 Å². The Morgan fingerprint density at radius 3 is 2.93 bits per heavy atom. The minimum atomic E-state index is -0.598. The number of benzene rings is 1. The Balaban J connectivity index is 2.80. The van der Waals surface area contributed by atoms with Crippen LogP contribution in [-0.2, 0) is 0 Å². The van der Waals surface area contributed by atoms with Gasteiger partial charge in [-0.1, -0.05) is 0 Å². The van der Waals surface area contributed by atoms with Gasteiger partial charge in [-0.25, -0.2) is 9.18 Å². The average molecular weight is 207 g/mol. The number of urea groups is 1. The highest BCUT2D eigenvalue weighted by Gasteiger charge is 2.04. The molecule has 0 unspecified atom stereocenters. The van der Waals surface area contributed by atoms with Crippen molar-refractivity contribution in [2.24, 2.45) is 0 Å². The van der Waals surface area contributed by atoms with Gasteiger partial charge in [-0.05, 0) is 25.1 Å². The van der Waals surface area contributed by atoms with Crippen molar-refractivity contribution in [2.45, 2.75) is 6.92 Å². The molecule has 0 atom stereocenters. The van der Waals surface area contributed by atoms with E-state index in [1.165, 1.54) is 12.1 Å². The summed E-state index contributed by atoms with van der Waals surface area (Å²) in [6, 6.07) is 5.13. The molecule has 0 saturated carbocycles. The lowest BCUT2D eigenvalue weighted by molar-refractivity contribution is 0.252. The van der Waals surface area contributed by atoms with E-state index < -0.39 is 5.82 Å². The standard InChI is InChI=1S/C10H10FN3O/c1-2-13-10(15)14-8-3-4-9(11)7(5-8)6-12/h3-5H,2H2,1H3,(H2,13,14,15). The molecule has 5 heteroatoms. The van der Waals surface area contributed by atoms with Crippen LogP contribution in [0.15, 0.2) is 18.2 Å². The number of halogens is 1. The van der Waals surface area contributed by atoms with Crippen LogP contribution in [0, 0.1) is 17.1 Å². The van der Waals surface area contributed by atoms with Gasteiger partial charge in [0.1, 0.15) is 11.9 Å². The maximum atomic E-state index is 12.9. The number of rotatable bonds is 2. The summed E-state index contributed by atoms with van der Waals surface area (Å²) in [5.74, 6) is -0.598. The Labute approximate surface area is 86.7 Å². The minimum absolute atomic E-state index is 0.0932. The molecule has 0 spiro atoms. The number of hydrogen-bond donors (Lipinski definition) is 2. The molecular weight excluding hydrogens is 197 g/mol. The Bertz CT molecular complexity index is 412. The van der Waals surface area contributed by atoms with Crippen molar-refractivity contribution in [1.29, 1.82) is 5.26 Å². The molecule has 15 heavy (non-hydrogen) atoms. The van der Waals surface area contributed by atoms with Crippen molar-refractivity contribution in [3.8, 4) is 6.07 Å². The molecule has 78 valence electrons. The van der Waals surface area contributed by atoms with Crippen LogP contribution in [0.25, 0.3) is 0 Å². The van der Waals surface area contributed by atoms with Crippen molar-refractivity contribution >= 4 is 11.7 Å². The molecule has 2 N–H and O–H groups in total. The molecule has 0 bridgehead atoms. The lowest BCUT2D eigenvalue weighted by Crippen LogP contribution is -2.28. The predicted molar refractivity (Wildman–Crippen MR) is 53.8 cm³/mol. The van der Waals surface area contributed by atoms with Gasteiger partial charge in [0.15, 0.2) is 0 Å². The van der Waals surface area contributed by atoms with E-state index in [9.17, 15) is 9.18 Å². The zero-order valence-electron chi connectivity index (χ0n) is 8.17. The highest BCUT2D eigenvalue weighted by atomic mass is 19.1. The molecule has 0 radical (unpaired) electrons. The Hall–Kier alpha value is -2.09. The van der Waals surface area contributed by atoms with Gasteiger partial charge in [0.25, 0.3) is 0 Å². The number of nitriles is 1. The zero-order chi connectivity index (χ0) is 11.3. The summed E-state index contributed by atoms with van der Waals surface area (Å²) in [5.41, 5.74) is 0.295. The first-order valence-electron chi connectivity index (χ1n) is 4.42. The van der Waals surface area contributed by atoms with Crippen molar-refractivity contribution in [2.75, 3.05) is 11.9 Å². The molecule has 0 aliphatic heterocycles. The third-order valence-electron chi connectivity index (χ3n) is 1.68. The van der Waals surface area contributed by atoms with E-state index >= 15 is 0 Å². The Morgan fingerprint density at radius 1 is 1.60 bits per heavy atom. The summed E-state index contributed by atoms with van der Waals surface area (Å²) < 4.78 is 12.9. The Morgan fingerprint density at radius 2 is 2.33 bits per heavy atom. The van der Waals surface area contributed by atoms with Crippen LogP contribution < -0.4 is 10.6 Å². The molecule has 0 fully saturated rings. The first-order valence-corrected chi connectivity index (χ1v) is 4.42. The molecule has 0 aliphatic carbocycles. The van der Waals surface area contributed by atoms with Crippen LogP contribution >= 0.6 is 0 Å². The number of carbonyl (C=O) groups is 1. The number of nitrogens with one attached hydrogen (secondary N) is 2. The fraction of sp³-hybridized carbons (Fsp3) is 0.200. The van der Waals surface area contributed by atoms with Crippen molar-refractivity contribution < 1.29 is 9.18 Å². The molecule has 0 saturated heterocycles. The fourth-order valence-electron chi connectivity index (χ4n) is 1.02. The maximum absolute atomic E-state index is 12.9. The molecule has 1 aromatic rings. The largest absolute Gasteiger partial charge is 0.338 e. The minimum Gasteiger partial charge on any atom is -0.338 e. The van der Waals surface area contributed by atoms with Gasteiger partial charge >= 0.3 is 6.03 Å². The SMILES string of the molecule is CCNC(=O)Nc1ccc(F)c(C#N)c1. The van der Waals surface area contributed by atoms with Crippen molar-refractivity contribution in [1.82, 2.24) is 5.32 Å². The summed E-state index contributed by atoms with van der Waals surface area (Å²) >= 11 is 0. The molecular formula is C10H10FN3O. The van der Waals surface area contributed by atoms with Crippen LogP contribution in [0.1, 0.15) is 12.5 Å². The molecule has 0 aliphatic rings. The number of hydrogen-bond acceptors (Lipinski definition) is 2. The fourth-order valence-corrected chi connectivity index (χ4v) is 1.02. The summed E-state index contributed by atoms with van der Waals surface area (Å²) in [6.07, 6.45) is 0. The van der Waals surface area contributed by atoms with Crippen molar-refractivity contribution in [3.63, 3.8) is 0 Å². The van der Waals surface area contributed by atoms with Gasteiger partial charge in [0.05, 0.1) is 5.56 Å². The van der Waals surface area contributed by atoms with E-state index in [-0.39, 0.29) is 11.6 Å². The van der Waals surface area contributed by atoms with Crippen molar-refractivity contribution in [3.05, 3.63) is 29.6 Å². The van der Waals surface area contributed by atoms with Gasteiger partial charge in [0.2, 0.25) is 0 Å². The second-order valence-electron chi connectivity index (χ2n) is 2.79. The molecule has 4 nitrogen and oxygen atoms in total. The zero-order valence-corrected chi connectivity index (χ0v) is 8.17. The molecule has 2 amide bonds. The number of carbonyl (C=O) groups excluding carboxylic acids is 1. The third kappa shape index (κ3) is 2.95. The monoisotopic (exact) mass is 207 g/mol. The average Bonchev–Trinajstić information content (AvgIpc) is 2.21. The quantitative estimate of drug-likeness (QED) is 0.777. The first-order chi connectivity index (χ1) is 7.17. The van der Waals surface area contributed by atoms with Crippen LogP contribution in [0.3, 0.4) is 0 Å². The second-order valence-corrected chi connectivity index (χ2v) is 2.79. The topological polar surface area (TPSA) is 64.9 Å². The number of anilines is 1.